The Morgan fingerprint density at radius 3 is 2.56 bits per heavy atom. The van der Waals surface area contributed by atoms with Gasteiger partial charge in [0.2, 0.25) is 0 Å². The topological polar surface area (TPSA) is 21.3 Å². The average molecular weight is 255 g/mol. The molecule has 2 heteroatoms. The standard InChI is InChI=1S/C16H33NO/c1-4-12-17-15(3)7-5-6-13-18-16-10-8-14(2)9-11-16/h14-17H,4-13H2,1-3H3. The molecule has 0 heterocycles. The highest BCUT2D eigenvalue weighted by atomic mass is 16.5. The number of rotatable bonds is 9. The zero-order chi connectivity index (χ0) is 13.2. The Kier molecular flexibility index (Phi) is 8.70. The van der Waals surface area contributed by atoms with Crippen molar-refractivity contribution in [3.8, 4) is 0 Å². The van der Waals surface area contributed by atoms with Crippen LogP contribution >= 0.6 is 0 Å². The molecule has 1 unspecified atom stereocenters. The molecule has 1 atom stereocenters. The Balaban J connectivity index is 1.89. The minimum Gasteiger partial charge on any atom is -0.378 e. The third-order valence-electron chi connectivity index (χ3n) is 4.09. The fourth-order valence-electron chi connectivity index (χ4n) is 2.69. The van der Waals surface area contributed by atoms with Gasteiger partial charge in [-0.25, -0.2) is 0 Å². The molecule has 1 aliphatic rings. The maximum atomic E-state index is 5.97. The molecule has 18 heavy (non-hydrogen) atoms. The largest absolute Gasteiger partial charge is 0.378 e. The fraction of sp³-hybridized carbons (Fsp3) is 1.00. The molecule has 2 nitrogen and oxygen atoms in total. The van der Waals surface area contributed by atoms with Gasteiger partial charge in [0.05, 0.1) is 6.10 Å². The van der Waals surface area contributed by atoms with E-state index in [1.165, 1.54) is 51.4 Å². The Labute approximate surface area is 114 Å². The normalized spacial score (nSPS) is 26.2. The number of hydrogen-bond acceptors (Lipinski definition) is 2. The van der Waals surface area contributed by atoms with Crippen LogP contribution in [0.2, 0.25) is 0 Å². The van der Waals surface area contributed by atoms with E-state index >= 15 is 0 Å². The van der Waals surface area contributed by atoms with Crippen molar-refractivity contribution in [3.05, 3.63) is 0 Å². The molecule has 0 radical (unpaired) electrons. The minimum atomic E-state index is 0.567. The first-order valence-corrected chi connectivity index (χ1v) is 8.07. The summed E-state index contributed by atoms with van der Waals surface area (Å²) in [5, 5.41) is 3.54. The van der Waals surface area contributed by atoms with Gasteiger partial charge < -0.3 is 10.1 Å². The Bertz CT molecular complexity index is 188. The predicted octanol–water partition coefficient (Wildman–Crippen LogP) is 4.14. The van der Waals surface area contributed by atoms with Gasteiger partial charge >= 0.3 is 0 Å². The molecular weight excluding hydrogens is 222 g/mol. The molecule has 0 bridgehead atoms. The third-order valence-corrected chi connectivity index (χ3v) is 4.09. The second-order valence-corrected chi connectivity index (χ2v) is 6.10. The van der Waals surface area contributed by atoms with Gasteiger partial charge in [0.15, 0.2) is 0 Å². The van der Waals surface area contributed by atoms with Crippen molar-refractivity contribution >= 4 is 0 Å². The van der Waals surface area contributed by atoms with Gasteiger partial charge in [-0.2, -0.15) is 0 Å². The highest BCUT2D eigenvalue weighted by Gasteiger charge is 2.18. The fourth-order valence-corrected chi connectivity index (χ4v) is 2.69. The van der Waals surface area contributed by atoms with Gasteiger partial charge in [0.25, 0.3) is 0 Å². The summed E-state index contributed by atoms with van der Waals surface area (Å²) in [4.78, 5) is 0. The second-order valence-electron chi connectivity index (χ2n) is 6.10. The monoisotopic (exact) mass is 255 g/mol. The number of ether oxygens (including phenoxy) is 1. The summed E-state index contributed by atoms with van der Waals surface area (Å²) in [6.45, 7) is 9.00. The number of hydrogen-bond donors (Lipinski definition) is 1. The van der Waals surface area contributed by atoms with Crippen molar-refractivity contribution in [3.63, 3.8) is 0 Å². The minimum absolute atomic E-state index is 0.567. The summed E-state index contributed by atoms with van der Waals surface area (Å²) in [6, 6.07) is 0.667. The molecular formula is C16H33NO. The van der Waals surface area contributed by atoms with Crippen LogP contribution in [0.5, 0.6) is 0 Å². The lowest BCUT2D eigenvalue weighted by Gasteiger charge is -2.26. The van der Waals surface area contributed by atoms with Crippen LogP contribution in [-0.2, 0) is 4.74 Å². The van der Waals surface area contributed by atoms with E-state index in [2.05, 4.69) is 26.1 Å². The van der Waals surface area contributed by atoms with Gasteiger partial charge in [-0.1, -0.05) is 13.8 Å². The van der Waals surface area contributed by atoms with Crippen LogP contribution in [0.1, 0.15) is 72.1 Å². The summed E-state index contributed by atoms with van der Waals surface area (Å²) in [7, 11) is 0. The molecule has 0 aromatic carbocycles. The van der Waals surface area contributed by atoms with Gasteiger partial charge in [-0.15, -0.1) is 0 Å². The van der Waals surface area contributed by atoms with Crippen LogP contribution in [0.25, 0.3) is 0 Å². The van der Waals surface area contributed by atoms with Crippen LogP contribution in [0.3, 0.4) is 0 Å². The van der Waals surface area contributed by atoms with E-state index in [1.807, 2.05) is 0 Å². The van der Waals surface area contributed by atoms with Crippen LogP contribution in [0.4, 0.5) is 0 Å². The van der Waals surface area contributed by atoms with Crippen LogP contribution in [0.15, 0.2) is 0 Å². The van der Waals surface area contributed by atoms with E-state index in [1.54, 1.807) is 0 Å². The summed E-state index contributed by atoms with van der Waals surface area (Å²) < 4.78 is 5.97. The van der Waals surface area contributed by atoms with Gasteiger partial charge in [0.1, 0.15) is 0 Å². The SMILES string of the molecule is CCCNC(C)CCCCOC1CCC(C)CC1. The van der Waals surface area contributed by atoms with Crippen LogP contribution in [0, 0.1) is 5.92 Å². The first-order valence-electron chi connectivity index (χ1n) is 8.07. The van der Waals surface area contributed by atoms with Crippen molar-refractivity contribution in [2.45, 2.75) is 84.3 Å². The van der Waals surface area contributed by atoms with Gasteiger partial charge in [-0.05, 0) is 70.8 Å². The molecule has 0 saturated heterocycles. The molecule has 108 valence electrons. The lowest BCUT2D eigenvalue weighted by molar-refractivity contribution is 0.0177. The Morgan fingerprint density at radius 2 is 1.89 bits per heavy atom. The van der Waals surface area contributed by atoms with E-state index in [-0.39, 0.29) is 0 Å². The zero-order valence-electron chi connectivity index (χ0n) is 12.7. The van der Waals surface area contributed by atoms with Crippen LogP contribution < -0.4 is 5.32 Å². The van der Waals surface area contributed by atoms with E-state index in [9.17, 15) is 0 Å². The predicted molar refractivity (Wildman–Crippen MR) is 79.0 cm³/mol. The molecule has 1 N–H and O–H groups in total. The highest BCUT2D eigenvalue weighted by molar-refractivity contribution is 4.70. The summed E-state index contributed by atoms with van der Waals surface area (Å²) in [6.07, 6.45) is 10.9. The summed E-state index contributed by atoms with van der Waals surface area (Å²) >= 11 is 0. The highest BCUT2D eigenvalue weighted by Crippen LogP contribution is 2.25. The van der Waals surface area contributed by atoms with E-state index < -0.39 is 0 Å². The van der Waals surface area contributed by atoms with E-state index in [4.69, 9.17) is 4.74 Å². The molecule has 0 aromatic rings. The number of nitrogens with one attached hydrogen (secondary N) is 1. The molecule has 0 amide bonds. The van der Waals surface area contributed by atoms with Gasteiger partial charge in [-0.3, -0.25) is 0 Å². The number of unbranched alkanes of at least 4 members (excludes halogenated alkanes) is 1. The maximum Gasteiger partial charge on any atom is 0.0575 e. The molecule has 0 spiro atoms. The summed E-state index contributed by atoms with van der Waals surface area (Å²) in [5.74, 6) is 0.926. The Hall–Kier alpha value is -0.0800. The van der Waals surface area contributed by atoms with E-state index in [0.717, 1.165) is 19.1 Å². The zero-order valence-corrected chi connectivity index (χ0v) is 12.7. The van der Waals surface area contributed by atoms with Crippen molar-refractivity contribution in [1.29, 1.82) is 0 Å². The first-order chi connectivity index (χ1) is 8.72. The quantitative estimate of drug-likeness (QED) is 0.625. The molecule has 0 aromatic heterocycles. The molecule has 1 aliphatic carbocycles. The average Bonchev–Trinajstić information content (AvgIpc) is 2.38. The van der Waals surface area contributed by atoms with Crippen LogP contribution in [-0.4, -0.2) is 25.3 Å². The van der Waals surface area contributed by atoms with E-state index in [0.29, 0.717) is 12.1 Å². The second kappa shape index (κ2) is 9.80. The molecule has 1 saturated carbocycles. The lowest BCUT2D eigenvalue weighted by atomic mass is 9.89. The van der Waals surface area contributed by atoms with Crippen molar-refractivity contribution in [1.82, 2.24) is 5.32 Å². The molecule has 1 rings (SSSR count). The Morgan fingerprint density at radius 1 is 1.17 bits per heavy atom. The van der Waals surface area contributed by atoms with Crippen molar-refractivity contribution in [2.75, 3.05) is 13.2 Å². The van der Waals surface area contributed by atoms with Crippen molar-refractivity contribution < 1.29 is 4.74 Å². The lowest BCUT2D eigenvalue weighted by Crippen LogP contribution is -2.26. The molecule has 0 aliphatic heterocycles. The maximum absolute atomic E-state index is 5.97. The van der Waals surface area contributed by atoms with Crippen molar-refractivity contribution in [2.24, 2.45) is 5.92 Å². The molecule has 1 fully saturated rings. The van der Waals surface area contributed by atoms with Gasteiger partial charge in [0, 0.05) is 12.6 Å². The third kappa shape index (κ3) is 7.38. The first kappa shape index (κ1) is 16.0. The summed E-state index contributed by atoms with van der Waals surface area (Å²) in [5.41, 5.74) is 0. The smallest absolute Gasteiger partial charge is 0.0575 e.